The molecule has 1 atom stereocenters. The minimum Gasteiger partial charge on any atom is -0.480 e. The molecule has 1 N–H and O–H groups in total. The van der Waals surface area contributed by atoms with Crippen molar-refractivity contribution in [2.24, 2.45) is 0 Å². The summed E-state index contributed by atoms with van der Waals surface area (Å²) in [5, 5.41) is 8.94. The lowest BCUT2D eigenvalue weighted by Crippen LogP contribution is -2.39. The minimum absolute atomic E-state index is 0.140. The lowest BCUT2D eigenvalue weighted by Gasteiger charge is -2.34. The first kappa shape index (κ1) is 14.8. The summed E-state index contributed by atoms with van der Waals surface area (Å²) in [7, 11) is 0. The quantitative estimate of drug-likeness (QED) is 0.805. The SMILES string of the molecule is CCCN(CC(=O)O)CC1CCC2(CCCCC2)O1. The summed E-state index contributed by atoms with van der Waals surface area (Å²) >= 11 is 0. The average Bonchev–Trinajstić information content (AvgIpc) is 2.72. The Labute approximate surface area is 116 Å². The summed E-state index contributed by atoms with van der Waals surface area (Å²) < 4.78 is 6.31. The first-order chi connectivity index (χ1) is 9.13. The molecule has 1 spiro atoms. The molecule has 0 aromatic rings. The molecule has 1 saturated heterocycles. The molecule has 0 amide bonds. The van der Waals surface area contributed by atoms with Gasteiger partial charge in [0.1, 0.15) is 0 Å². The molecule has 0 aromatic carbocycles. The fourth-order valence-corrected chi connectivity index (χ4v) is 3.62. The molecule has 2 rings (SSSR count). The zero-order chi connectivity index (χ0) is 13.7. The number of carboxylic acid groups (broad SMARTS) is 1. The van der Waals surface area contributed by atoms with Gasteiger partial charge in [0.15, 0.2) is 0 Å². The number of carbonyl (C=O) groups is 1. The van der Waals surface area contributed by atoms with Crippen LogP contribution in [0.1, 0.15) is 58.3 Å². The third-order valence-electron chi connectivity index (χ3n) is 4.46. The van der Waals surface area contributed by atoms with Gasteiger partial charge in [-0.3, -0.25) is 9.69 Å². The second-order valence-electron chi connectivity index (χ2n) is 6.15. The van der Waals surface area contributed by atoms with E-state index in [2.05, 4.69) is 6.92 Å². The highest BCUT2D eigenvalue weighted by Gasteiger charge is 2.41. The molecule has 1 saturated carbocycles. The van der Waals surface area contributed by atoms with Crippen LogP contribution in [0.2, 0.25) is 0 Å². The van der Waals surface area contributed by atoms with Crippen molar-refractivity contribution in [2.75, 3.05) is 19.6 Å². The van der Waals surface area contributed by atoms with Crippen molar-refractivity contribution in [3.8, 4) is 0 Å². The van der Waals surface area contributed by atoms with Gasteiger partial charge in [0.25, 0.3) is 0 Å². The number of hydrogen-bond donors (Lipinski definition) is 1. The van der Waals surface area contributed by atoms with Crippen LogP contribution in [0.25, 0.3) is 0 Å². The van der Waals surface area contributed by atoms with E-state index >= 15 is 0 Å². The van der Waals surface area contributed by atoms with Crippen LogP contribution in [0.4, 0.5) is 0 Å². The molecular formula is C15H27NO3. The zero-order valence-corrected chi connectivity index (χ0v) is 12.1. The van der Waals surface area contributed by atoms with E-state index < -0.39 is 5.97 Å². The van der Waals surface area contributed by atoms with Gasteiger partial charge < -0.3 is 9.84 Å². The number of nitrogens with zero attached hydrogens (tertiary/aromatic N) is 1. The summed E-state index contributed by atoms with van der Waals surface area (Å²) in [6, 6.07) is 0. The molecular weight excluding hydrogens is 242 g/mol. The topological polar surface area (TPSA) is 49.8 Å². The van der Waals surface area contributed by atoms with E-state index in [-0.39, 0.29) is 18.2 Å². The Balaban J connectivity index is 1.83. The summed E-state index contributed by atoms with van der Waals surface area (Å²) in [4.78, 5) is 12.9. The molecule has 1 aliphatic heterocycles. The van der Waals surface area contributed by atoms with Crippen LogP contribution < -0.4 is 0 Å². The smallest absolute Gasteiger partial charge is 0.317 e. The number of aliphatic carboxylic acids is 1. The molecule has 19 heavy (non-hydrogen) atoms. The van der Waals surface area contributed by atoms with E-state index in [1.165, 1.54) is 38.5 Å². The largest absolute Gasteiger partial charge is 0.480 e. The summed E-state index contributed by atoms with van der Waals surface area (Å²) in [6.45, 7) is 3.86. The summed E-state index contributed by atoms with van der Waals surface area (Å²) in [5.41, 5.74) is 0.143. The van der Waals surface area contributed by atoms with Crippen molar-refractivity contribution in [3.05, 3.63) is 0 Å². The van der Waals surface area contributed by atoms with Crippen molar-refractivity contribution in [1.82, 2.24) is 4.90 Å². The minimum atomic E-state index is -0.737. The Morgan fingerprint density at radius 2 is 2.05 bits per heavy atom. The van der Waals surface area contributed by atoms with Crippen molar-refractivity contribution in [1.29, 1.82) is 0 Å². The van der Waals surface area contributed by atoms with Crippen molar-refractivity contribution in [2.45, 2.75) is 70.0 Å². The fraction of sp³-hybridized carbons (Fsp3) is 0.933. The third-order valence-corrected chi connectivity index (χ3v) is 4.46. The van der Waals surface area contributed by atoms with E-state index in [1.807, 2.05) is 4.90 Å². The second kappa shape index (κ2) is 6.71. The van der Waals surface area contributed by atoms with E-state index in [0.717, 1.165) is 25.9 Å². The van der Waals surface area contributed by atoms with Crippen LogP contribution in [0.15, 0.2) is 0 Å². The summed E-state index contributed by atoms with van der Waals surface area (Å²) in [5.74, 6) is -0.737. The highest BCUT2D eigenvalue weighted by molar-refractivity contribution is 5.69. The van der Waals surface area contributed by atoms with Gasteiger partial charge >= 0.3 is 5.97 Å². The van der Waals surface area contributed by atoms with Crippen LogP contribution in [0.3, 0.4) is 0 Å². The molecule has 1 aliphatic carbocycles. The lowest BCUT2D eigenvalue weighted by atomic mass is 9.83. The van der Waals surface area contributed by atoms with Gasteiger partial charge in [-0.2, -0.15) is 0 Å². The lowest BCUT2D eigenvalue weighted by molar-refractivity contribution is -0.139. The van der Waals surface area contributed by atoms with Gasteiger partial charge in [-0.25, -0.2) is 0 Å². The van der Waals surface area contributed by atoms with Crippen LogP contribution in [-0.4, -0.2) is 47.3 Å². The Bertz CT molecular complexity index is 300. The Kier molecular flexibility index (Phi) is 5.22. The normalized spacial score (nSPS) is 26.1. The zero-order valence-electron chi connectivity index (χ0n) is 12.1. The van der Waals surface area contributed by atoms with Gasteiger partial charge in [0.05, 0.1) is 18.2 Å². The number of ether oxygens (including phenoxy) is 1. The maximum Gasteiger partial charge on any atom is 0.317 e. The Morgan fingerprint density at radius 1 is 1.32 bits per heavy atom. The second-order valence-corrected chi connectivity index (χ2v) is 6.15. The molecule has 1 heterocycles. The van der Waals surface area contributed by atoms with Crippen LogP contribution >= 0.6 is 0 Å². The molecule has 0 bridgehead atoms. The van der Waals surface area contributed by atoms with Gasteiger partial charge in [-0.05, 0) is 38.6 Å². The molecule has 0 radical (unpaired) electrons. The number of rotatable bonds is 6. The van der Waals surface area contributed by atoms with Gasteiger partial charge in [-0.15, -0.1) is 0 Å². The highest BCUT2D eigenvalue weighted by Crippen LogP contribution is 2.41. The number of hydrogen-bond acceptors (Lipinski definition) is 3. The predicted octanol–water partition coefficient (Wildman–Crippen LogP) is 2.66. The molecule has 4 heteroatoms. The van der Waals surface area contributed by atoms with Crippen LogP contribution in [0.5, 0.6) is 0 Å². The third kappa shape index (κ3) is 4.18. The number of carboxylic acids is 1. The molecule has 0 aromatic heterocycles. The van der Waals surface area contributed by atoms with Crippen LogP contribution in [0, 0.1) is 0 Å². The van der Waals surface area contributed by atoms with Gasteiger partial charge in [-0.1, -0.05) is 26.2 Å². The van der Waals surface area contributed by atoms with E-state index in [9.17, 15) is 4.79 Å². The molecule has 4 nitrogen and oxygen atoms in total. The maximum atomic E-state index is 10.9. The van der Waals surface area contributed by atoms with Crippen molar-refractivity contribution >= 4 is 5.97 Å². The molecule has 1 unspecified atom stereocenters. The average molecular weight is 269 g/mol. The van der Waals surface area contributed by atoms with Crippen LogP contribution in [-0.2, 0) is 9.53 Å². The fourth-order valence-electron chi connectivity index (χ4n) is 3.62. The molecule has 110 valence electrons. The Morgan fingerprint density at radius 3 is 2.68 bits per heavy atom. The van der Waals surface area contributed by atoms with E-state index in [4.69, 9.17) is 9.84 Å². The standard InChI is InChI=1S/C15H27NO3/c1-2-10-16(12-14(17)18)11-13-6-9-15(19-13)7-4-3-5-8-15/h13H,2-12H2,1H3,(H,17,18). The highest BCUT2D eigenvalue weighted by atomic mass is 16.5. The van der Waals surface area contributed by atoms with Crippen molar-refractivity contribution < 1.29 is 14.6 Å². The molecule has 2 aliphatic rings. The predicted molar refractivity (Wildman–Crippen MR) is 74.3 cm³/mol. The maximum absolute atomic E-state index is 10.9. The van der Waals surface area contributed by atoms with E-state index in [0.29, 0.717) is 0 Å². The van der Waals surface area contributed by atoms with Gasteiger partial charge in [0.2, 0.25) is 0 Å². The first-order valence-electron chi connectivity index (χ1n) is 7.75. The first-order valence-corrected chi connectivity index (χ1v) is 7.75. The summed E-state index contributed by atoms with van der Waals surface area (Å²) in [6.07, 6.45) is 9.84. The Hall–Kier alpha value is -0.610. The monoisotopic (exact) mass is 269 g/mol. The molecule has 2 fully saturated rings. The van der Waals surface area contributed by atoms with Crippen molar-refractivity contribution in [3.63, 3.8) is 0 Å². The van der Waals surface area contributed by atoms with E-state index in [1.54, 1.807) is 0 Å². The van der Waals surface area contributed by atoms with Gasteiger partial charge in [0, 0.05) is 6.54 Å².